The normalized spacial score (nSPS) is 20.4. The first-order chi connectivity index (χ1) is 8.22. The number of benzene rings is 1. The molecule has 1 aliphatic rings. The average molecular weight is 297 g/mol. The van der Waals surface area contributed by atoms with Crippen molar-refractivity contribution in [1.82, 2.24) is 10.2 Å². The highest BCUT2D eigenvalue weighted by atomic mass is 79.9. The number of nitrogens with one attached hydrogen (secondary N) is 1. The van der Waals surface area contributed by atoms with Crippen LogP contribution in [0.5, 0.6) is 0 Å². The molecule has 1 saturated heterocycles. The lowest BCUT2D eigenvalue weighted by atomic mass is 10.0. The molecule has 1 aromatic rings. The van der Waals surface area contributed by atoms with Gasteiger partial charge < -0.3 is 5.32 Å². The largest absolute Gasteiger partial charge is 0.317 e. The molecule has 1 unspecified atom stereocenters. The Bertz CT molecular complexity index is 359. The van der Waals surface area contributed by atoms with Gasteiger partial charge in [0.1, 0.15) is 0 Å². The molecule has 0 aliphatic carbocycles. The third-order valence-corrected chi connectivity index (χ3v) is 4.56. The summed E-state index contributed by atoms with van der Waals surface area (Å²) in [6.07, 6.45) is 2.51. The van der Waals surface area contributed by atoms with E-state index in [9.17, 15) is 0 Å². The molecule has 0 radical (unpaired) electrons. The SMILES string of the molecule is CNC1CCN(C(C)c2ccccc2Br)CC1. The van der Waals surface area contributed by atoms with E-state index in [0.29, 0.717) is 12.1 Å². The fraction of sp³-hybridized carbons (Fsp3) is 0.571. The van der Waals surface area contributed by atoms with Crippen molar-refractivity contribution in [3.8, 4) is 0 Å². The Balaban J connectivity index is 2.02. The van der Waals surface area contributed by atoms with Crippen LogP contribution in [0.2, 0.25) is 0 Å². The number of nitrogens with zero attached hydrogens (tertiary/aromatic N) is 1. The lowest BCUT2D eigenvalue weighted by Crippen LogP contribution is -2.42. The zero-order chi connectivity index (χ0) is 12.3. The Morgan fingerprint density at radius 3 is 2.53 bits per heavy atom. The van der Waals surface area contributed by atoms with Crippen LogP contribution in [-0.2, 0) is 0 Å². The van der Waals surface area contributed by atoms with Gasteiger partial charge in [-0.2, -0.15) is 0 Å². The highest BCUT2D eigenvalue weighted by Gasteiger charge is 2.23. The first-order valence-corrected chi connectivity index (χ1v) is 7.17. The molecule has 1 atom stereocenters. The van der Waals surface area contributed by atoms with Gasteiger partial charge in [-0.25, -0.2) is 0 Å². The predicted octanol–water partition coefficient (Wildman–Crippen LogP) is 3.19. The first kappa shape index (κ1) is 13.1. The monoisotopic (exact) mass is 296 g/mol. The van der Waals surface area contributed by atoms with E-state index in [0.717, 1.165) is 0 Å². The standard InChI is InChI=1S/C14H21BrN2/c1-11(13-5-3-4-6-14(13)15)17-9-7-12(16-2)8-10-17/h3-6,11-12,16H,7-10H2,1-2H3. The summed E-state index contributed by atoms with van der Waals surface area (Å²) < 4.78 is 1.23. The summed E-state index contributed by atoms with van der Waals surface area (Å²) in [6.45, 7) is 4.68. The van der Waals surface area contributed by atoms with Gasteiger partial charge in [-0.05, 0) is 38.4 Å². The molecule has 3 heteroatoms. The molecule has 2 nitrogen and oxygen atoms in total. The van der Waals surface area contributed by atoms with E-state index < -0.39 is 0 Å². The lowest BCUT2D eigenvalue weighted by molar-refractivity contribution is 0.155. The molecule has 94 valence electrons. The molecular formula is C14H21BrN2. The number of halogens is 1. The Morgan fingerprint density at radius 2 is 1.94 bits per heavy atom. The Kier molecular flexibility index (Phi) is 4.60. The fourth-order valence-electron chi connectivity index (χ4n) is 2.59. The average Bonchev–Trinajstić information content (AvgIpc) is 2.39. The van der Waals surface area contributed by atoms with Crippen LogP contribution in [0.3, 0.4) is 0 Å². The van der Waals surface area contributed by atoms with Crippen molar-refractivity contribution in [2.75, 3.05) is 20.1 Å². The minimum atomic E-state index is 0.503. The zero-order valence-corrected chi connectivity index (χ0v) is 12.2. The third-order valence-electron chi connectivity index (χ3n) is 3.84. The van der Waals surface area contributed by atoms with Crippen molar-refractivity contribution in [1.29, 1.82) is 0 Å². The van der Waals surface area contributed by atoms with Gasteiger partial charge >= 0.3 is 0 Å². The maximum absolute atomic E-state index is 3.65. The summed E-state index contributed by atoms with van der Waals surface area (Å²) in [4.78, 5) is 2.58. The second kappa shape index (κ2) is 5.98. The van der Waals surface area contributed by atoms with Gasteiger partial charge in [-0.1, -0.05) is 34.1 Å². The van der Waals surface area contributed by atoms with E-state index >= 15 is 0 Å². The molecule has 17 heavy (non-hydrogen) atoms. The van der Waals surface area contributed by atoms with E-state index in [1.165, 1.54) is 36.0 Å². The molecule has 0 saturated carbocycles. The van der Waals surface area contributed by atoms with Crippen LogP contribution in [-0.4, -0.2) is 31.1 Å². The third kappa shape index (κ3) is 3.09. The number of hydrogen-bond acceptors (Lipinski definition) is 2. The van der Waals surface area contributed by atoms with Crippen LogP contribution >= 0.6 is 15.9 Å². The van der Waals surface area contributed by atoms with Crippen molar-refractivity contribution in [2.24, 2.45) is 0 Å². The van der Waals surface area contributed by atoms with Crippen molar-refractivity contribution in [3.05, 3.63) is 34.3 Å². The van der Waals surface area contributed by atoms with E-state index in [1.807, 2.05) is 0 Å². The van der Waals surface area contributed by atoms with E-state index in [4.69, 9.17) is 0 Å². The second-order valence-corrected chi connectivity index (χ2v) is 5.65. The minimum Gasteiger partial charge on any atom is -0.317 e. The first-order valence-electron chi connectivity index (χ1n) is 6.38. The summed E-state index contributed by atoms with van der Waals surface area (Å²) in [6, 6.07) is 9.76. The highest BCUT2D eigenvalue weighted by molar-refractivity contribution is 9.10. The van der Waals surface area contributed by atoms with Crippen LogP contribution < -0.4 is 5.32 Å². The van der Waals surface area contributed by atoms with Crippen LogP contribution in [0, 0.1) is 0 Å². The van der Waals surface area contributed by atoms with E-state index in [1.54, 1.807) is 0 Å². The molecule has 2 rings (SSSR count). The molecule has 1 aromatic carbocycles. The molecule has 0 aromatic heterocycles. The molecular weight excluding hydrogens is 276 g/mol. The van der Waals surface area contributed by atoms with Gasteiger partial charge in [-0.3, -0.25) is 4.90 Å². The quantitative estimate of drug-likeness (QED) is 0.921. The number of piperidine rings is 1. The molecule has 1 heterocycles. The summed E-state index contributed by atoms with van der Waals surface area (Å²) >= 11 is 3.65. The van der Waals surface area contributed by atoms with Crippen molar-refractivity contribution < 1.29 is 0 Å². The van der Waals surface area contributed by atoms with Crippen LogP contribution in [0.25, 0.3) is 0 Å². The Labute approximate surface area is 113 Å². The molecule has 1 N–H and O–H groups in total. The van der Waals surface area contributed by atoms with Crippen molar-refractivity contribution in [2.45, 2.75) is 31.8 Å². The van der Waals surface area contributed by atoms with Gasteiger partial charge in [-0.15, -0.1) is 0 Å². The molecule has 0 spiro atoms. The molecule has 0 amide bonds. The molecule has 1 aliphatic heterocycles. The van der Waals surface area contributed by atoms with Gasteiger partial charge in [0.2, 0.25) is 0 Å². The highest BCUT2D eigenvalue weighted by Crippen LogP contribution is 2.29. The lowest BCUT2D eigenvalue weighted by Gasteiger charge is -2.36. The number of likely N-dealkylation sites (tertiary alicyclic amines) is 1. The van der Waals surface area contributed by atoms with E-state index in [2.05, 4.69) is 64.4 Å². The second-order valence-electron chi connectivity index (χ2n) is 4.80. The number of hydrogen-bond donors (Lipinski definition) is 1. The van der Waals surface area contributed by atoms with E-state index in [-0.39, 0.29) is 0 Å². The fourth-order valence-corrected chi connectivity index (χ4v) is 3.20. The molecule has 1 fully saturated rings. The summed E-state index contributed by atoms with van der Waals surface area (Å²) in [5, 5.41) is 3.38. The smallest absolute Gasteiger partial charge is 0.0331 e. The maximum Gasteiger partial charge on any atom is 0.0331 e. The maximum atomic E-state index is 3.65. The van der Waals surface area contributed by atoms with Crippen LogP contribution in [0.4, 0.5) is 0 Å². The van der Waals surface area contributed by atoms with Gasteiger partial charge in [0.05, 0.1) is 0 Å². The predicted molar refractivity (Wildman–Crippen MR) is 76.2 cm³/mol. The Morgan fingerprint density at radius 1 is 1.29 bits per heavy atom. The molecule has 0 bridgehead atoms. The van der Waals surface area contributed by atoms with Gasteiger partial charge in [0, 0.05) is 29.6 Å². The summed E-state index contributed by atoms with van der Waals surface area (Å²) in [5.41, 5.74) is 1.40. The van der Waals surface area contributed by atoms with Crippen molar-refractivity contribution >= 4 is 15.9 Å². The zero-order valence-electron chi connectivity index (χ0n) is 10.6. The number of rotatable bonds is 3. The minimum absolute atomic E-state index is 0.503. The summed E-state index contributed by atoms with van der Waals surface area (Å²) in [5.74, 6) is 0. The van der Waals surface area contributed by atoms with Crippen LogP contribution in [0.1, 0.15) is 31.4 Å². The van der Waals surface area contributed by atoms with Gasteiger partial charge in [0.15, 0.2) is 0 Å². The van der Waals surface area contributed by atoms with Crippen molar-refractivity contribution in [3.63, 3.8) is 0 Å². The Hall–Kier alpha value is -0.380. The topological polar surface area (TPSA) is 15.3 Å². The summed E-state index contributed by atoms with van der Waals surface area (Å²) in [7, 11) is 2.07. The van der Waals surface area contributed by atoms with Crippen LogP contribution in [0.15, 0.2) is 28.7 Å². The van der Waals surface area contributed by atoms with Gasteiger partial charge in [0.25, 0.3) is 0 Å².